The zero-order chi connectivity index (χ0) is 19.9. The Morgan fingerprint density at radius 2 is 1.90 bits per heavy atom. The molecule has 5 nitrogen and oxygen atoms in total. The lowest BCUT2D eigenvalue weighted by atomic mass is 9.97. The third-order valence-corrected chi connectivity index (χ3v) is 5.33. The molecule has 0 amide bonds. The summed E-state index contributed by atoms with van der Waals surface area (Å²) in [5.41, 5.74) is 2.36. The molecule has 1 unspecified atom stereocenters. The van der Waals surface area contributed by atoms with Crippen LogP contribution in [-0.2, 0) is 13.1 Å². The monoisotopic (exact) mass is 508 g/mol. The van der Waals surface area contributed by atoms with E-state index in [1.165, 1.54) is 18.4 Å². The maximum absolute atomic E-state index is 11.8. The Hall–Kier alpha value is -1.83. The summed E-state index contributed by atoms with van der Waals surface area (Å²) in [5.74, 6) is 2.52. The summed E-state index contributed by atoms with van der Waals surface area (Å²) < 4.78 is 1.72. The molecule has 0 radical (unpaired) electrons. The Morgan fingerprint density at radius 3 is 2.55 bits per heavy atom. The first-order valence-corrected chi connectivity index (χ1v) is 10.2. The van der Waals surface area contributed by atoms with Crippen LogP contribution in [0, 0.1) is 11.8 Å². The Bertz CT molecular complexity index is 844. The van der Waals surface area contributed by atoms with Crippen molar-refractivity contribution < 1.29 is 0 Å². The second-order valence-corrected chi connectivity index (χ2v) is 8.11. The van der Waals surface area contributed by atoms with Gasteiger partial charge >= 0.3 is 0 Å². The lowest BCUT2D eigenvalue weighted by Crippen LogP contribution is -2.39. The van der Waals surface area contributed by atoms with Gasteiger partial charge in [0.2, 0.25) is 0 Å². The van der Waals surface area contributed by atoms with Crippen LogP contribution in [0.3, 0.4) is 0 Å². The molecule has 29 heavy (non-hydrogen) atoms. The zero-order valence-electron chi connectivity index (χ0n) is 17.7. The number of nitrogens with zero attached hydrogens (tertiary/aromatic N) is 3. The van der Waals surface area contributed by atoms with Crippen molar-refractivity contribution in [2.75, 3.05) is 20.1 Å². The molecule has 0 aliphatic carbocycles. The summed E-state index contributed by atoms with van der Waals surface area (Å²) >= 11 is 0. The Morgan fingerprint density at radius 1 is 1.17 bits per heavy atom. The summed E-state index contributed by atoms with van der Waals surface area (Å²) in [6, 6.07) is 13.7. The van der Waals surface area contributed by atoms with Crippen molar-refractivity contribution in [2.45, 2.75) is 39.8 Å². The standard InChI is InChI=1S/C23H32N4O.HI/c1-18(2)14-21-11-13-27(17-21)23(24-3)25-15-19-7-9-20(10-8-19)16-26-12-5-4-6-22(26)28;/h4-10,12,18,21H,11,13-17H2,1-3H3,(H,24,25);1H. The lowest BCUT2D eigenvalue weighted by Gasteiger charge is -2.22. The number of pyridine rings is 1. The molecule has 2 aromatic rings. The molecular formula is C23H33IN4O. The van der Waals surface area contributed by atoms with Crippen LogP contribution in [0.2, 0.25) is 0 Å². The van der Waals surface area contributed by atoms with Crippen molar-refractivity contribution in [3.63, 3.8) is 0 Å². The molecule has 1 aliphatic rings. The quantitative estimate of drug-likeness (QED) is 0.365. The first-order chi connectivity index (χ1) is 13.5. The number of aromatic nitrogens is 1. The Balaban J connectivity index is 0.00000300. The summed E-state index contributed by atoms with van der Waals surface area (Å²) in [5, 5.41) is 3.50. The van der Waals surface area contributed by atoms with Gasteiger partial charge in [0, 0.05) is 38.9 Å². The molecule has 1 aromatic heterocycles. The molecule has 6 heteroatoms. The van der Waals surface area contributed by atoms with Crippen LogP contribution in [0.15, 0.2) is 58.4 Å². The van der Waals surface area contributed by atoms with Gasteiger partial charge in [0.1, 0.15) is 0 Å². The number of rotatable bonds is 6. The van der Waals surface area contributed by atoms with Gasteiger partial charge in [-0.2, -0.15) is 0 Å². The number of hydrogen-bond donors (Lipinski definition) is 1. The van der Waals surface area contributed by atoms with Crippen molar-refractivity contribution in [3.8, 4) is 0 Å². The highest BCUT2D eigenvalue weighted by atomic mass is 127. The highest BCUT2D eigenvalue weighted by Gasteiger charge is 2.25. The molecule has 1 N–H and O–H groups in total. The molecule has 158 valence electrons. The van der Waals surface area contributed by atoms with Crippen LogP contribution in [0.1, 0.15) is 37.8 Å². The summed E-state index contributed by atoms with van der Waals surface area (Å²) in [7, 11) is 1.86. The van der Waals surface area contributed by atoms with Gasteiger partial charge < -0.3 is 14.8 Å². The van der Waals surface area contributed by atoms with Crippen molar-refractivity contribution in [1.82, 2.24) is 14.8 Å². The van der Waals surface area contributed by atoms with Crippen LogP contribution in [-0.4, -0.2) is 35.6 Å². The van der Waals surface area contributed by atoms with Crippen molar-refractivity contribution >= 4 is 29.9 Å². The summed E-state index contributed by atoms with van der Waals surface area (Å²) in [4.78, 5) is 18.7. The van der Waals surface area contributed by atoms with Crippen LogP contribution in [0.4, 0.5) is 0 Å². The highest BCUT2D eigenvalue weighted by molar-refractivity contribution is 14.0. The van der Waals surface area contributed by atoms with Gasteiger partial charge in [-0.15, -0.1) is 24.0 Å². The van der Waals surface area contributed by atoms with E-state index >= 15 is 0 Å². The second kappa shape index (κ2) is 11.4. The smallest absolute Gasteiger partial charge is 0.250 e. The normalized spacial score (nSPS) is 16.8. The molecule has 0 bridgehead atoms. The number of nitrogens with one attached hydrogen (secondary N) is 1. The third kappa shape index (κ3) is 6.87. The van der Waals surface area contributed by atoms with E-state index in [9.17, 15) is 4.79 Å². The number of halogens is 1. The molecule has 2 heterocycles. The van der Waals surface area contributed by atoms with Crippen molar-refractivity contribution in [2.24, 2.45) is 16.8 Å². The van der Waals surface area contributed by atoms with Gasteiger partial charge in [-0.25, -0.2) is 0 Å². The number of aliphatic imine (C=N–C) groups is 1. The van der Waals surface area contributed by atoms with Crippen LogP contribution in [0.25, 0.3) is 0 Å². The van der Waals surface area contributed by atoms with E-state index in [-0.39, 0.29) is 29.5 Å². The molecule has 1 saturated heterocycles. The number of guanidine groups is 1. The Labute approximate surface area is 191 Å². The molecular weight excluding hydrogens is 475 g/mol. The molecule has 0 spiro atoms. The predicted molar refractivity (Wildman–Crippen MR) is 131 cm³/mol. The van der Waals surface area contributed by atoms with E-state index in [1.807, 2.05) is 19.3 Å². The van der Waals surface area contributed by atoms with Crippen LogP contribution >= 0.6 is 24.0 Å². The minimum atomic E-state index is 0. The van der Waals surface area contributed by atoms with Gasteiger partial charge in [-0.05, 0) is 41.9 Å². The van der Waals surface area contributed by atoms with Gasteiger partial charge in [-0.3, -0.25) is 9.79 Å². The van der Waals surface area contributed by atoms with Gasteiger partial charge in [0.25, 0.3) is 5.56 Å². The van der Waals surface area contributed by atoms with E-state index in [0.29, 0.717) is 6.54 Å². The van der Waals surface area contributed by atoms with E-state index in [1.54, 1.807) is 16.7 Å². The zero-order valence-corrected chi connectivity index (χ0v) is 20.0. The van der Waals surface area contributed by atoms with Crippen molar-refractivity contribution in [1.29, 1.82) is 0 Å². The number of benzene rings is 1. The predicted octanol–water partition coefficient (Wildman–Crippen LogP) is 3.96. The topological polar surface area (TPSA) is 49.6 Å². The minimum Gasteiger partial charge on any atom is -0.352 e. The fraction of sp³-hybridized carbons (Fsp3) is 0.478. The van der Waals surface area contributed by atoms with E-state index < -0.39 is 0 Å². The average Bonchev–Trinajstić information content (AvgIpc) is 3.13. The Kier molecular flexibility index (Phi) is 9.20. The highest BCUT2D eigenvalue weighted by Crippen LogP contribution is 2.23. The number of likely N-dealkylation sites (tertiary alicyclic amines) is 1. The van der Waals surface area contributed by atoms with E-state index in [2.05, 4.69) is 53.3 Å². The molecule has 1 fully saturated rings. The van der Waals surface area contributed by atoms with Crippen LogP contribution in [0.5, 0.6) is 0 Å². The minimum absolute atomic E-state index is 0. The molecule has 1 aromatic carbocycles. The largest absolute Gasteiger partial charge is 0.352 e. The van der Waals surface area contributed by atoms with Crippen LogP contribution < -0.4 is 10.9 Å². The molecule has 1 atom stereocenters. The van der Waals surface area contributed by atoms with E-state index in [4.69, 9.17) is 0 Å². The molecule has 3 rings (SSSR count). The SMILES string of the molecule is CN=C(NCc1ccc(Cn2ccccc2=O)cc1)N1CCC(CC(C)C)C1.I. The fourth-order valence-corrected chi connectivity index (χ4v) is 3.95. The summed E-state index contributed by atoms with van der Waals surface area (Å²) in [6.07, 6.45) is 4.37. The maximum Gasteiger partial charge on any atom is 0.250 e. The third-order valence-electron chi connectivity index (χ3n) is 5.33. The molecule has 0 saturated carbocycles. The maximum atomic E-state index is 11.8. The van der Waals surface area contributed by atoms with Gasteiger partial charge in [0.15, 0.2) is 5.96 Å². The van der Waals surface area contributed by atoms with Crippen molar-refractivity contribution in [3.05, 3.63) is 70.1 Å². The lowest BCUT2D eigenvalue weighted by molar-refractivity contribution is 0.403. The van der Waals surface area contributed by atoms with Gasteiger partial charge in [-0.1, -0.05) is 44.2 Å². The van der Waals surface area contributed by atoms with E-state index in [0.717, 1.165) is 43.0 Å². The number of hydrogen-bond acceptors (Lipinski definition) is 2. The second-order valence-electron chi connectivity index (χ2n) is 8.11. The first-order valence-electron chi connectivity index (χ1n) is 10.2. The van der Waals surface area contributed by atoms with Gasteiger partial charge in [0.05, 0.1) is 6.54 Å². The fourth-order valence-electron chi connectivity index (χ4n) is 3.95. The summed E-state index contributed by atoms with van der Waals surface area (Å²) in [6.45, 7) is 8.13. The first kappa shape index (κ1) is 23.4. The average molecular weight is 508 g/mol. The molecule has 1 aliphatic heterocycles.